The van der Waals surface area contributed by atoms with E-state index in [2.05, 4.69) is 5.32 Å². The van der Waals surface area contributed by atoms with Gasteiger partial charge in [0.1, 0.15) is 5.75 Å². The van der Waals surface area contributed by atoms with Crippen molar-refractivity contribution in [2.45, 2.75) is 19.1 Å². The molecule has 1 rings (SSSR count). The summed E-state index contributed by atoms with van der Waals surface area (Å²) in [5, 5.41) is 2.57. The van der Waals surface area contributed by atoms with E-state index in [1.807, 2.05) is 13.2 Å². The molecule has 0 aromatic heterocycles. The highest BCUT2D eigenvalue weighted by atomic mass is 32.2. The third kappa shape index (κ3) is 6.05. The number of alkyl halides is 3. The van der Waals surface area contributed by atoms with Crippen LogP contribution in [0.5, 0.6) is 5.75 Å². The van der Waals surface area contributed by atoms with Crippen LogP contribution in [0.1, 0.15) is 6.92 Å². The number of amides is 2. The predicted molar refractivity (Wildman–Crippen MR) is 82.6 cm³/mol. The van der Waals surface area contributed by atoms with Crippen LogP contribution in [0.15, 0.2) is 24.3 Å². The van der Waals surface area contributed by atoms with Crippen LogP contribution >= 0.6 is 11.8 Å². The zero-order chi connectivity index (χ0) is 16.8. The summed E-state index contributed by atoms with van der Waals surface area (Å²) in [4.78, 5) is 13.6. The Hall–Kier alpha value is -1.57. The lowest BCUT2D eigenvalue weighted by atomic mass is 10.3. The molecule has 0 saturated carbocycles. The van der Waals surface area contributed by atoms with Crippen molar-refractivity contribution >= 4 is 23.5 Å². The van der Waals surface area contributed by atoms with Gasteiger partial charge in [0.2, 0.25) is 0 Å². The molecule has 124 valence electrons. The van der Waals surface area contributed by atoms with Gasteiger partial charge in [-0.1, -0.05) is 12.1 Å². The van der Waals surface area contributed by atoms with Gasteiger partial charge in [-0.15, -0.1) is 0 Å². The third-order valence-corrected chi connectivity index (χ3v) is 3.73. The van der Waals surface area contributed by atoms with Gasteiger partial charge in [-0.2, -0.15) is 24.9 Å². The molecule has 4 nitrogen and oxygen atoms in total. The highest BCUT2D eigenvalue weighted by Gasteiger charge is 2.29. The molecule has 0 saturated heterocycles. The van der Waals surface area contributed by atoms with Crippen LogP contribution in [-0.2, 0) is 0 Å². The minimum Gasteiger partial charge on any atom is -0.482 e. The van der Waals surface area contributed by atoms with Gasteiger partial charge in [-0.05, 0) is 25.3 Å². The fraction of sp³-hybridized carbons (Fsp3) is 0.500. The molecule has 0 heterocycles. The number of rotatable bonds is 6. The molecular weight excluding hydrogens is 317 g/mol. The van der Waals surface area contributed by atoms with Crippen LogP contribution in [0.3, 0.4) is 0 Å². The maximum Gasteiger partial charge on any atom is 0.422 e. The first-order valence-electron chi connectivity index (χ1n) is 6.56. The molecule has 1 atom stereocenters. The number of nitrogens with one attached hydrogen (secondary N) is 1. The van der Waals surface area contributed by atoms with Crippen LogP contribution in [0.25, 0.3) is 0 Å². The van der Waals surface area contributed by atoms with E-state index in [0.717, 1.165) is 5.75 Å². The number of hydrogen-bond donors (Lipinski definition) is 1. The summed E-state index contributed by atoms with van der Waals surface area (Å²) in [6.07, 6.45) is -2.50. The number of halogens is 3. The molecule has 0 aliphatic carbocycles. The monoisotopic (exact) mass is 336 g/mol. The molecule has 0 spiro atoms. The highest BCUT2D eigenvalue weighted by Crippen LogP contribution is 2.26. The van der Waals surface area contributed by atoms with E-state index in [1.165, 1.54) is 17.0 Å². The molecule has 0 fully saturated rings. The van der Waals surface area contributed by atoms with Crippen LogP contribution < -0.4 is 10.1 Å². The Morgan fingerprint density at radius 3 is 2.64 bits per heavy atom. The average molecular weight is 336 g/mol. The fourth-order valence-electron chi connectivity index (χ4n) is 1.61. The molecule has 2 amide bonds. The van der Waals surface area contributed by atoms with Gasteiger partial charge in [0.25, 0.3) is 0 Å². The summed E-state index contributed by atoms with van der Waals surface area (Å²) in [6.45, 7) is 0.487. The lowest BCUT2D eigenvalue weighted by Crippen LogP contribution is -2.39. The largest absolute Gasteiger partial charge is 0.482 e. The maximum atomic E-state index is 12.2. The third-order valence-electron chi connectivity index (χ3n) is 2.91. The number of anilines is 1. The smallest absolute Gasteiger partial charge is 0.422 e. The fourth-order valence-corrected chi connectivity index (χ4v) is 2.32. The van der Waals surface area contributed by atoms with Crippen LogP contribution in [0, 0.1) is 0 Å². The van der Waals surface area contributed by atoms with E-state index >= 15 is 0 Å². The molecule has 1 aromatic rings. The molecule has 0 radical (unpaired) electrons. The van der Waals surface area contributed by atoms with Crippen molar-refractivity contribution < 1.29 is 22.7 Å². The minimum absolute atomic E-state index is 0.00162. The van der Waals surface area contributed by atoms with Crippen LogP contribution in [-0.4, -0.2) is 48.8 Å². The van der Waals surface area contributed by atoms with Crippen molar-refractivity contribution in [3.8, 4) is 5.75 Å². The van der Waals surface area contributed by atoms with Crippen LogP contribution in [0.4, 0.5) is 23.7 Å². The molecule has 0 aliphatic rings. The molecule has 1 N–H and O–H groups in total. The summed E-state index contributed by atoms with van der Waals surface area (Å²) in [5.41, 5.74) is 0.208. The Labute approximate surface area is 132 Å². The number of carbonyl (C=O) groups excluding carboxylic acids is 1. The van der Waals surface area contributed by atoms with Crippen molar-refractivity contribution in [3.63, 3.8) is 0 Å². The number of carbonyl (C=O) groups is 1. The predicted octanol–water partition coefficient (Wildman–Crippen LogP) is 3.84. The molecule has 0 aliphatic heterocycles. The van der Waals surface area contributed by atoms with Crippen molar-refractivity contribution in [1.29, 1.82) is 0 Å². The molecule has 1 aromatic carbocycles. The number of hydrogen-bond acceptors (Lipinski definition) is 3. The van der Waals surface area contributed by atoms with Crippen molar-refractivity contribution in [1.82, 2.24) is 4.90 Å². The van der Waals surface area contributed by atoms with Gasteiger partial charge in [0.05, 0.1) is 5.69 Å². The van der Waals surface area contributed by atoms with Gasteiger partial charge < -0.3 is 15.0 Å². The number of thioether (sulfide) groups is 1. The number of nitrogens with zero attached hydrogens (tertiary/aromatic N) is 1. The SMILES string of the molecule is CSC[C@H](C)N(C)C(=O)Nc1ccccc1OCC(F)(F)F. The lowest BCUT2D eigenvalue weighted by Gasteiger charge is -2.25. The quantitative estimate of drug-likeness (QED) is 0.858. The van der Waals surface area contributed by atoms with Gasteiger partial charge in [-0.25, -0.2) is 4.79 Å². The topological polar surface area (TPSA) is 41.6 Å². The Kier molecular flexibility index (Phi) is 6.86. The van der Waals surface area contributed by atoms with E-state index in [9.17, 15) is 18.0 Å². The normalized spacial score (nSPS) is 12.6. The number of ether oxygens (including phenoxy) is 1. The van der Waals surface area contributed by atoms with E-state index in [-0.39, 0.29) is 17.5 Å². The molecule has 8 heteroatoms. The van der Waals surface area contributed by atoms with Crippen molar-refractivity contribution in [3.05, 3.63) is 24.3 Å². The molecule has 22 heavy (non-hydrogen) atoms. The Morgan fingerprint density at radius 1 is 1.41 bits per heavy atom. The van der Waals surface area contributed by atoms with E-state index in [1.54, 1.807) is 30.9 Å². The Bertz CT molecular complexity index is 497. The first-order chi connectivity index (χ1) is 10.2. The molecular formula is C14H19F3N2O2S. The summed E-state index contributed by atoms with van der Waals surface area (Å²) in [5.74, 6) is 0.745. The van der Waals surface area contributed by atoms with E-state index in [0.29, 0.717) is 0 Å². The van der Waals surface area contributed by atoms with Gasteiger partial charge in [-0.3, -0.25) is 0 Å². The summed E-state index contributed by atoms with van der Waals surface area (Å²) in [6, 6.07) is 5.63. The highest BCUT2D eigenvalue weighted by molar-refractivity contribution is 7.98. The van der Waals surface area contributed by atoms with E-state index < -0.39 is 18.8 Å². The first kappa shape index (κ1) is 18.5. The Balaban J connectivity index is 2.74. The Morgan fingerprint density at radius 2 is 2.05 bits per heavy atom. The first-order valence-corrected chi connectivity index (χ1v) is 7.95. The average Bonchev–Trinajstić information content (AvgIpc) is 2.44. The van der Waals surface area contributed by atoms with Gasteiger partial charge in [0.15, 0.2) is 6.61 Å². The summed E-state index contributed by atoms with van der Waals surface area (Å²) >= 11 is 1.60. The minimum atomic E-state index is -4.43. The summed E-state index contributed by atoms with van der Waals surface area (Å²) < 4.78 is 41.4. The number of para-hydroxylation sites is 2. The molecule has 0 bridgehead atoms. The second-order valence-corrected chi connectivity index (χ2v) is 5.66. The number of benzene rings is 1. The molecule has 0 unspecified atom stereocenters. The standard InChI is InChI=1S/C14H19F3N2O2S/c1-10(8-22-3)19(2)13(20)18-11-6-4-5-7-12(11)21-9-14(15,16)17/h4-7,10H,8-9H2,1-3H3,(H,18,20)/t10-/m0/s1. The van der Waals surface area contributed by atoms with Gasteiger partial charge in [0, 0.05) is 18.8 Å². The number of urea groups is 1. The van der Waals surface area contributed by atoms with Crippen molar-refractivity contribution in [2.24, 2.45) is 0 Å². The van der Waals surface area contributed by atoms with Crippen LogP contribution in [0.2, 0.25) is 0 Å². The van der Waals surface area contributed by atoms with E-state index in [4.69, 9.17) is 4.74 Å². The zero-order valence-corrected chi connectivity index (χ0v) is 13.4. The lowest BCUT2D eigenvalue weighted by molar-refractivity contribution is -0.153. The van der Waals surface area contributed by atoms with Gasteiger partial charge >= 0.3 is 12.2 Å². The second kappa shape index (κ2) is 8.17. The summed E-state index contributed by atoms with van der Waals surface area (Å²) in [7, 11) is 1.63. The zero-order valence-electron chi connectivity index (χ0n) is 12.6. The second-order valence-electron chi connectivity index (χ2n) is 4.75. The maximum absolute atomic E-state index is 12.2. The van der Waals surface area contributed by atoms with Crippen molar-refractivity contribution in [2.75, 3.05) is 31.0 Å².